The van der Waals surface area contributed by atoms with E-state index in [4.69, 9.17) is 0 Å². The molecule has 2 fully saturated rings. The first-order chi connectivity index (χ1) is 8.11. The van der Waals surface area contributed by atoms with Gasteiger partial charge in [0.2, 0.25) is 0 Å². The molecule has 92 valence electrons. The Morgan fingerprint density at radius 3 is 2.35 bits per heavy atom. The molecule has 3 atom stereocenters. The number of hydrogen-bond donors (Lipinski definition) is 1. The zero-order chi connectivity index (χ0) is 12.2. The highest BCUT2D eigenvalue weighted by molar-refractivity contribution is 5.25. The van der Waals surface area contributed by atoms with Crippen molar-refractivity contribution in [3.05, 3.63) is 35.1 Å². The average Bonchev–Trinajstić information content (AvgIpc) is 2.79. The van der Waals surface area contributed by atoms with Gasteiger partial charge in [-0.1, -0.05) is 12.5 Å². The van der Waals surface area contributed by atoms with Gasteiger partial charge in [-0.05, 0) is 36.7 Å². The maximum atomic E-state index is 13.5. The molecular weight excluding hydrogens is 229 g/mol. The van der Waals surface area contributed by atoms with E-state index in [-0.39, 0.29) is 11.5 Å². The maximum absolute atomic E-state index is 13.5. The molecule has 0 radical (unpaired) electrons. The Labute approximate surface area is 97.3 Å². The van der Waals surface area contributed by atoms with Crippen molar-refractivity contribution >= 4 is 0 Å². The van der Waals surface area contributed by atoms with Crippen LogP contribution in [0.15, 0.2) is 12.1 Å². The van der Waals surface area contributed by atoms with Crippen LogP contribution >= 0.6 is 0 Å². The molecule has 0 saturated heterocycles. The van der Waals surface area contributed by atoms with Gasteiger partial charge in [-0.15, -0.1) is 0 Å². The summed E-state index contributed by atoms with van der Waals surface area (Å²) in [4.78, 5) is 0. The van der Waals surface area contributed by atoms with Crippen LogP contribution in [0.25, 0.3) is 0 Å². The Balaban J connectivity index is 1.87. The molecule has 3 unspecified atom stereocenters. The lowest BCUT2D eigenvalue weighted by Crippen LogP contribution is -2.09. The van der Waals surface area contributed by atoms with Gasteiger partial charge < -0.3 is 5.11 Å². The Bertz CT molecular complexity index is 450. The van der Waals surface area contributed by atoms with Gasteiger partial charge in [-0.25, -0.2) is 13.2 Å². The molecule has 3 rings (SSSR count). The number of fused-ring (bicyclic) bond motifs is 1. The topological polar surface area (TPSA) is 20.2 Å². The fraction of sp³-hybridized carbons (Fsp3) is 0.538. The minimum atomic E-state index is -1.49. The van der Waals surface area contributed by atoms with E-state index < -0.39 is 23.6 Å². The van der Waals surface area contributed by atoms with Crippen LogP contribution in [0.2, 0.25) is 0 Å². The van der Waals surface area contributed by atoms with Crippen LogP contribution in [-0.2, 0) is 0 Å². The minimum absolute atomic E-state index is 0.0307. The second-order valence-corrected chi connectivity index (χ2v) is 5.05. The van der Waals surface area contributed by atoms with E-state index in [0.717, 1.165) is 31.4 Å². The first kappa shape index (κ1) is 11.1. The first-order valence-electron chi connectivity index (χ1n) is 5.92. The Hall–Kier alpha value is -1.03. The van der Waals surface area contributed by atoms with Crippen molar-refractivity contribution < 1.29 is 18.3 Å². The van der Waals surface area contributed by atoms with Crippen LogP contribution in [0.1, 0.15) is 30.9 Å². The lowest BCUT2D eigenvalue weighted by molar-refractivity contribution is 0.131. The molecule has 0 amide bonds. The fourth-order valence-corrected chi connectivity index (χ4v) is 3.32. The van der Waals surface area contributed by atoms with Gasteiger partial charge in [0, 0.05) is 5.56 Å². The van der Waals surface area contributed by atoms with Crippen molar-refractivity contribution in [2.75, 3.05) is 0 Å². The van der Waals surface area contributed by atoms with Crippen molar-refractivity contribution in [3.8, 4) is 0 Å². The van der Waals surface area contributed by atoms with E-state index in [1.807, 2.05) is 0 Å². The summed E-state index contributed by atoms with van der Waals surface area (Å²) < 4.78 is 39.3. The largest absolute Gasteiger partial charge is 0.388 e. The molecule has 1 aromatic rings. The van der Waals surface area contributed by atoms with E-state index in [0.29, 0.717) is 11.8 Å². The lowest BCUT2D eigenvalue weighted by Gasteiger charge is -2.14. The molecule has 1 N–H and O–H groups in total. The quantitative estimate of drug-likeness (QED) is 0.790. The third kappa shape index (κ3) is 1.58. The molecule has 2 aliphatic rings. The molecule has 0 aliphatic heterocycles. The minimum Gasteiger partial charge on any atom is -0.388 e. The smallest absolute Gasteiger partial charge is 0.194 e. The van der Waals surface area contributed by atoms with Gasteiger partial charge in [0.05, 0.1) is 6.10 Å². The molecule has 4 heteroatoms. The SMILES string of the molecule is OC(c1ccc(F)c(F)c1F)C1C2CCCC21. The molecule has 2 saturated carbocycles. The summed E-state index contributed by atoms with van der Waals surface area (Å²) in [6, 6.07) is 2.02. The standard InChI is InChI=1S/C13H13F3O/c14-9-5-4-8(11(15)12(9)16)13(17)10-6-2-1-3-7(6)10/h4-7,10,13,17H,1-3H2. The number of benzene rings is 1. The second kappa shape index (κ2) is 3.73. The summed E-state index contributed by atoms with van der Waals surface area (Å²) in [5.41, 5.74) is -0.108. The van der Waals surface area contributed by atoms with E-state index in [1.165, 1.54) is 0 Å². The zero-order valence-corrected chi connectivity index (χ0v) is 9.17. The highest BCUT2D eigenvalue weighted by atomic mass is 19.2. The normalized spacial score (nSPS) is 32.4. The zero-order valence-electron chi connectivity index (χ0n) is 9.17. The van der Waals surface area contributed by atoms with Crippen molar-refractivity contribution in [1.82, 2.24) is 0 Å². The monoisotopic (exact) mass is 242 g/mol. The predicted octanol–water partition coefficient (Wildman–Crippen LogP) is 3.18. The van der Waals surface area contributed by atoms with Crippen molar-refractivity contribution in [2.24, 2.45) is 17.8 Å². The van der Waals surface area contributed by atoms with E-state index >= 15 is 0 Å². The van der Waals surface area contributed by atoms with Crippen LogP contribution < -0.4 is 0 Å². The predicted molar refractivity (Wildman–Crippen MR) is 55.6 cm³/mol. The third-order valence-electron chi connectivity index (χ3n) is 4.22. The summed E-state index contributed by atoms with van der Waals surface area (Å²) in [5, 5.41) is 10.0. The van der Waals surface area contributed by atoms with Gasteiger partial charge in [0.1, 0.15) is 0 Å². The van der Waals surface area contributed by atoms with Crippen LogP contribution in [0.4, 0.5) is 13.2 Å². The lowest BCUT2D eigenvalue weighted by atomic mass is 9.99. The molecule has 0 aromatic heterocycles. The summed E-state index contributed by atoms with van der Waals surface area (Å²) in [7, 11) is 0. The average molecular weight is 242 g/mol. The molecule has 2 aliphatic carbocycles. The number of hydrogen-bond acceptors (Lipinski definition) is 1. The number of aliphatic hydroxyl groups excluding tert-OH is 1. The van der Waals surface area contributed by atoms with Crippen LogP contribution in [0.5, 0.6) is 0 Å². The molecule has 0 heterocycles. The van der Waals surface area contributed by atoms with E-state index in [9.17, 15) is 18.3 Å². The molecule has 1 aromatic carbocycles. The van der Waals surface area contributed by atoms with Crippen LogP contribution in [-0.4, -0.2) is 5.11 Å². The Kier molecular flexibility index (Phi) is 2.43. The fourth-order valence-electron chi connectivity index (χ4n) is 3.32. The van der Waals surface area contributed by atoms with Crippen molar-refractivity contribution in [1.29, 1.82) is 0 Å². The summed E-state index contributed by atoms with van der Waals surface area (Å²) in [6.45, 7) is 0. The highest BCUT2D eigenvalue weighted by Gasteiger charge is 2.56. The van der Waals surface area contributed by atoms with Crippen LogP contribution in [0.3, 0.4) is 0 Å². The van der Waals surface area contributed by atoms with Crippen molar-refractivity contribution in [2.45, 2.75) is 25.4 Å². The number of halogens is 3. The van der Waals surface area contributed by atoms with Crippen molar-refractivity contribution in [3.63, 3.8) is 0 Å². The van der Waals surface area contributed by atoms with Gasteiger partial charge in [-0.2, -0.15) is 0 Å². The molecule has 17 heavy (non-hydrogen) atoms. The number of rotatable bonds is 2. The first-order valence-corrected chi connectivity index (χ1v) is 5.92. The van der Waals surface area contributed by atoms with Gasteiger partial charge in [0.15, 0.2) is 17.5 Å². The molecular formula is C13H13F3O. The van der Waals surface area contributed by atoms with E-state index in [1.54, 1.807) is 0 Å². The Morgan fingerprint density at radius 1 is 1.06 bits per heavy atom. The molecule has 1 nitrogen and oxygen atoms in total. The van der Waals surface area contributed by atoms with Crippen LogP contribution in [0, 0.1) is 35.2 Å². The van der Waals surface area contributed by atoms with E-state index in [2.05, 4.69) is 0 Å². The second-order valence-electron chi connectivity index (χ2n) is 5.05. The third-order valence-corrected chi connectivity index (χ3v) is 4.22. The number of aliphatic hydroxyl groups is 1. The maximum Gasteiger partial charge on any atom is 0.194 e. The molecule has 0 bridgehead atoms. The summed E-state index contributed by atoms with van der Waals surface area (Å²) >= 11 is 0. The summed E-state index contributed by atoms with van der Waals surface area (Å²) in [6.07, 6.45) is 2.26. The summed E-state index contributed by atoms with van der Waals surface area (Å²) in [5.74, 6) is -3.04. The Morgan fingerprint density at radius 2 is 1.71 bits per heavy atom. The highest BCUT2D eigenvalue weighted by Crippen LogP contribution is 2.62. The van der Waals surface area contributed by atoms with Gasteiger partial charge >= 0.3 is 0 Å². The van der Waals surface area contributed by atoms with Gasteiger partial charge in [0.25, 0.3) is 0 Å². The molecule has 0 spiro atoms. The van der Waals surface area contributed by atoms with Gasteiger partial charge in [-0.3, -0.25) is 0 Å².